The molecule has 0 spiro atoms. The Morgan fingerprint density at radius 3 is 2.75 bits per heavy atom. The van der Waals surface area contributed by atoms with Gasteiger partial charge in [-0.3, -0.25) is 9.48 Å². The van der Waals surface area contributed by atoms with Crippen molar-refractivity contribution in [1.82, 2.24) is 19.7 Å². The molecule has 1 amide bonds. The van der Waals surface area contributed by atoms with Gasteiger partial charge in [0.2, 0.25) is 5.95 Å². The second-order valence-electron chi connectivity index (χ2n) is 4.92. The van der Waals surface area contributed by atoms with Crippen LogP contribution in [0, 0.1) is 0 Å². The Morgan fingerprint density at radius 1 is 1.25 bits per heavy atom. The molecule has 0 atom stereocenters. The Bertz CT molecular complexity index is 893. The Balaban J connectivity index is 1.88. The van der Waals surface area contributed by atoms with Gasteiger partial charge in [-0.1, -0.05) is 23.7 Å². The first kappa shape index (κ1) is 15.8. The molecule has 0 unspecified atom stereocenters. The summed E-state index contributed by atoms with van der Waals surface area (Å²) in [6.45, 7) is 0. The van der Waals surface area contributed by atoms with Crippen LogP contribution in [0.3, 0.4) is 0 Å². The third kappa shape index (κ3) is 3.44. The van der Waals surface area contributed by atoms with E-state index in [-0.39, 0.29) is 0 Å². The molecule has 3 rings (SSSR count). The summed E-state index contributed by atoms with van der Waals surface area (Å²) in [6, 6.07) is 8.61. The van der Waals surface area contributed by atoms with E-state index in [1.807, 2.05) is 7.05 Å². The molecule has 2 heterocycles. The van der Waals surface area contributed by atoms with Crippen molar-refractivity contribution in [1.29, 1.82) is 0 Å². The standard InChI is InChI=1S/C15H14ClN7O/c1-23-7-6-12(22-23)20-15-18-8-10(16)14(21-15)19-11-5-3-2-4-9(11)13(17)24/h2-8H,1H3,(H2,17,24)(H2,18,19,20,21,22). The van der Waals surface area contributed by atoms with Gasteiger partial charge in [0.1, 0.15) is 5.02 Å². The fourth-order valence-corrected chi connectivity index (χ4v) is 2.18. The van der Waals surface area contributed by atoms with Crippen LogP contribution in [-0.2, 0) is 7.05 Å². The average Bonchev–Trinajstić information content (AvgIpc) is 2.96. The van der Waals surface area contributed by atoms with Crippen molar-refractivity contribution in [3.8, 4) is 0 Å². The molecule has 8 nitrogen and oxygen atoms in total. The number of primary amides is 1. The predicted octanol–water partition coefficient (Wildman–Crippen LogP) is 2.45. The lowest BCUT2D eigenvalue weighted by Crippen LogP contribution is -2.13. The van der Waals surface area contributed by atoms with Crippen LogP contribution < -0.4 is 16.4 Å². The Labute approximate surface area is 142 Å². The van der Waals surface area contributed by atoms with E-state index in [4.69, 9.17) is 17.3 Å². The molecule has 4 N–H and O–H groups in total. The monoisotopic (exact) mass is 343 g/mol. The zero-order valence-corrected chi connectivity index (χ0v) is 13.4. The second-order valence-corrected chi connectivity index (χ2v) is 5.33. The number of hydrogen-bond acceptors (Lipinski definition) is 6. The number of nitrogens with one attached hydrogen (secondary N) is 2. The fraction of sp³-hybridized carbons (Fsp3) is 0.0667. The number of hydrogen-bond donors (Lipinski definition) is 3. The highest BCUT2D eigenvalue weighted by molar-refractivity contribution is 6.33. The Morgan fingerprint density at radius 2 is 2.04 bits per heavy atom. The van der Waals surface area contributed by atoms with E-state index in [2.05, 4.69) is 25.7 Å². The highest BCUT2D eigenvalue weighted by Crippen LogP contribution is 2.26. The van der Waals surface area contributed by atoms with E-state index < -0.39 is 5.91 Å². The van der Waals surface area contributed by atoms with E-state index in [1.165, 1.54) is 6.20 Å². The Kier molecular flexibility index (Phi) is 4.30. The molecule has 9 heteroatoms. The zero-order valence-electron chi connectivity index (χ0n) is 12.7. The van der Waals surface area contributed by atoms with Gasteiger partial charge >= 0.3 is 0 Å². The quantitative estimate of drug-likeness (QED) is 0.656. The lowest BCUT2D eigenvalue weighted by atomic mass is 10.1. The lowest BCUT2D eigenvalue weighted by molar-refractivity contribution is 0.100. The van der Waals surface area contributed by atoms with Crippen molar-refractivity contribution in [2.45, 2.75) is 0 Å². The summed E-state index contributed by atoms with van der Waals surface area (Å²) in [6.07, 6.45) is 3.25. The number of carbonyl (C=O) groups is 1. The molecule has 0 saturated heterocycles. The summed E-state index contributed by atoms with van der Waals surface area (Å²) in [5.74, 6) is 0.717. The van der Waals surface area contributed by atoms with Crippen LogP contribution in [-0.4, -0.2) is 25.7 Å². The molecule has 1 aromatic carbocycles. The molecule has 0 aliphatic carbocycles. The lowest BCUT2D eigenvalue weighted by Gasteiger charge is -2.11. The normalized spacial score (nSPS) is 10.4. The molecule has 0 saturated carbocycles. The first-order valence-electron chi connectivity index (χ1n) is 6.98. The maximum absolute atomic E-state index is 11.5. The van der Waals surface area contributed by atoms with Crippen LogP contribution in [0.1, 0.15) is 10.4 Å². The molecule has 122 valence electrons. The Hall–Kier alpha value is -3.13. The topological polar surface area (TPSA) is 111 Å². The maximum atomic E-state index is 11.5. The minimum absolute atomic E-state index is 0.306. The van der Waals surface area contributed by atoms with Crippen molar-refractivity contribution in [3.05, 3.63) is 53.3 Å². The van der Waals surface area contributed by atoms with E-state index in [9.17, 15) is 4.79 Å². The van der Waals surface area contributed by atoms with Gasteiger partial charge in [0.25, 0.3) is 5.91 Å². The number of para-hydroxylation sites is 1. The van der Waals surface area contributed by atoms with Crippen LogP contribution in [0.25, 0.3) is 0 Å². The minimum Gasteiger partial charge on any atom is -0.366 e. The predicted molar refractivity (Wildman–Crippen MR) is 91.8 cm³/mol. The first-order valence-corrected chi connectivity index (χ1v) is 7.36. The summed E-state index contributed by atoms with van der Waals surface area (Å²) in [7, 11) is 1.81. The first-order chi connectivity index (χ1) is 11.5. The second kappa shape index (κ2) is 6.55. The number of anilines is 4. The van der Waals surface area contributed by atoms with Gasteiger partial charge in [0.15, 0.2) is 11.6 Å². The summed E-state index contributed by atoms with van der Waals surface area (Å²) < 4.78 is 1.65. The van der Waals surface area contributed by atoms with Crippen LogP contribution in [0.5, 0.6) is 0 Å². The van der Waals surface area contributed by atoms with Crippen LogP contribution >= 0.6 is 11.6 Å². The van der Waals surface area contributed by atoms with E-state index >= 15 is 0 Å². The molecular formula is C15H14ClN7O. The number of nitrogens with two attached hydrogens (primary N) is 1. The number of aryl methyl sites for hydroxylation is 1. The van der Waals surface area contributed by atoms with E-state index in [1.54, 1.807) is 41.2 Å². The van der Waals surface area contributed by atoms with Crippen LogP contribution in [0.4, 0.5) is 23.3 Å². The average molecular weight is 344 g/mol. The number of halogens is 1. The minimum atomic E-state index is -0.546. The van der Waals surface area contributed by atoms with Crippen molar-refractivity contribution >= 4 is 40.8 Å². The highest BCUT2D eigenvalue weighted by Gasteiger charge is 2.11. The SMILES string of the molecule is Cn1ccc(Nc2ncc(Cl)c(Nc3ccccc3C(N)=O)n2)n1. The third-order valence-corrected chi connectivity index (χ3v) is 3.42. The molecule has 2 aromatic heterocycles. The zero-order chi connectivity index (χ0) is 17.1. The van der Waals surface area contributed by atoms with Crippen molar-refractivity contribution in [2.75, 3.05) is 10.6 Å². The maximum Gasteiger partial charge on any atom is 0.250 e. The number of amides is 1. The molecule has 0 radical (unpaired) electrons. The van der Waals surface area contributed by atoms with Gasteiger partial charge in [-0.2, -0.15) is 10.1 Å². The molecule has 0 aliphatic heterocycles. The summed E-state index contributed by atoms with van der Waals surface area (Å²) >= 11 is 6.13. The van der Waals surface area contributed by atoms with E-state index in [0.29, 0.717) is 33.9 Å². The summed E-state index contributed by atoms with van der Waals surface area (Å²) in [5.41, 5.74) is 6.22. The molecule has 24 heavy (non-hydrogen) atoms. The van der Waals surface area contributed by atoms with Gasteiger partial charge in [-0.25, -0.2) is 4.98 Å². The molecular weight excluding hydrogens is 330 g/mol. The highest BCUT2D eigenvalue weighted by atomic mass is 35.5. The summed E-state index contributed by atoms with van der Waals surface area (Å²) in [4.78, 5) is 19.9. The molecule has 0 fully saturated rings. The van der Waals surface area contributed by atoms with Gasteiger partial charge in [0, 0.05) is 19.3 Å². The largest absolute Gasteiger partial charge is 0.366 e. The molecule has 3 aromatic rings. The van der Waals surface area contributed by atoms with Crippen LogP contribution in [0.15, 0.2) is 42.7 Å². The van der Waals surface area contributed by atoms with Gasteiger partial charge in [0.05, 0.1) is 17.4 Å². The fourth-order valence-electron chi connectivity index (χ4n) is 2.05. The smallest absolute Gasteiger partial charge is 0.250 e. The number of nitrogens with zero attached hydrogens (tertiary/aromatic N) is 4. The van der Waals surface area contributed by atoms with Crippen molar-refractivity contribution in [3.63, 3.8) is 0 Å². The summed E-state index contributed by atoms with van der Waals surface area (Å²) in [5, 5.41) is 10.5. The third-order valence-electron chi connectivity index (χ3n) is 3.14. The number of carbonyl (C=O) groups excluding carboxylic acids is 1. The van der Waals surface area contributed by atoms with Crippen molar-refractivity contribution in [2.24, 2.45) is 12.8 Å². The number of benzene rings is 1. The van der Waals surface area contributed by atoms with Crippen molar-refractivity contribution < 1.29 is 4.79 Å². The molecule has 0 bridgehead atoms. The van der Waals surface area contributed by atoms with Crippen LogP contribution in [0.2, 0.25) is 5.02 Å². The number of aromatic nitrogens is 4. The van der Waals surface area contributed by atoms with Gasteiger partial charge in [-0.05, 0) is 12.1 Å². The van der Waals surface area contributed by atoms with E-state index in [0.717, 1.165) is 0 Å². The van der Waals surface area contributed by atoms with Gasteiger partial charge in [-0.15, -0.1) is 0 Å². The molecule has 0 aliphatic rings. The number of rotatable bonds is 5. The van der Waals surface area contributed by atoms with Gasteiger partial charge < -0.3 is 16.4 Å².